The molecule has 2 atom stereocenters. The first-order valence-corrected chi connectivity index (χ1v) is 8.31. The number of nitro groups is 1. The quantitative estimate of drug-likeness (QED) is 0.286. The van der Waals surface area contributed by atoms with Crippen LogP contribution in [0.1, 0.15) is 19.4 Å². The van der Waals surface area contributed by atoms with Gasteiger partial charge in [0.1, 0.15) is 0 Å². The molecule has 0 amide bonds. The van der Waals surface area contributed by atoms with E-state index in [-0.39, 0.29) is 30.0 Å². The maximum absolute atomic E-state index is 11.9. The van der Waals surface area contributed by atoms with Crippen molar-refractivity contribution in [3.63, 3.8) is 0 Å². The van der Waals surface area contributed by atoms with Gasteiger partial charge in [0, 0.05) is 25.7 Å². The van der Waals surface area contributed by atoms with Crippen LogP contribution in [0.3, 0.4) is 0 Å². The molecule has 1 heterocycles. The largest absolute Gasteiger partial charge is 0.469 e. The molecule has 8 heteroatoms. The summed E-state index contributed by atoms with van der Waals surface area (Å²) in [4.78, 5) is 29.1. The van der Waals surface area contributed by atoms with Gasteiger partial charge in [-0.15, -0.1) is 0 Å². The standard InChI is InChI=1S/C17H24N4O4/c1-4-18-17(20-10-12(2)14(11-20)16(22)25-3)19-9-13-7-5-6-8-15(13)21(23)24/h5-8,12,14H,4,9-11H2,1-3H3,(H,18,19). The molecule has 0 aromatic heterocycles. The van der Waals surface area contributed by atoms with Crippen molar-refractivity contribution < 1.29 is 14.5 Å². The molecule has 1 aliphatic heterocycles. The number of aliphatic imine (C=N–C) groups is 1. The lowest BCUT2D eigenvalue weighted by atomic mass is 9.99. The number of ether oxygens (including phenoxy) is 1. The predicted molar refractivity (Wildman–Crippen MR) is 94.2 cm³/mol. The molecule has 136 valence electrons. The zero-order valence-corrected chi connectivity index (χ0v) is 14.8. The molecule has 1 aliphatic rings. The monoisotopic (exact) mass is 348 g/mol. The summed E-state index contributed by atoms with van der Waals surface area (Å²) in [7, 11) is 1.39. The molecule has 1 aromatic rings. The van der Waals surface area contributed by atoms with Crippen molar-refractivity contribution in [1.82, 2.24) is 10.2 Å². The molecule has 0 bridgehead atoms. The minimum Gasteiger partial charge on any atom is -0.469 e. The van der Waals surface area contributed by atoms with Crippen molar-refractivity contribution in [2.45, 2.75) is 20.4 Å². The number of carbonyl (C=O) groups excluding carboxylic acids is 1. The van der Waals surface area contributed by atoms with Gasteiger partial charge in [-0.3, -0.25) is 14.9 Å². The predicted octanol–water partition coefficient (Wildman–Crippen LogP) is 1.80. The number of hydrogen-bond donors (Lipinski definition) is 1. The van der Waals surface area contributed by atoms with E-state index in [4.69, 9.17) is 4.74 Å². The number of hydrogen-bond acceptors (Lipinski definition) is 5. The molecule has 0 spiro atoms. The average Bonchev–Trinajstić information content (AvgIpc) is 2.99. The van der Waals surface area contributed by atoms with E-state index in [0.717, 1.165) is 0 Å². The minimum atomic E-state index is -0.400. The SMILES string of the molecule is CCNC(=NCc1ccccc1[N+](=O)[O-])N1CC(C)C(C(=O)OC)C1. The van der Waals surface area contributed by atoms with Crippen LogP contribution in [-0.2, 0) is 16.1 Å². The Morgan fingerprint density at radius 3 is 2.80 bits per heavy atom. The second kappa shape index (κ2) is 8.46. The number of likely N-dealkylation sites (tertiary alicyclic amines) is 1. The smallest absolute Gasteiger partial charge is 0.310 e. The number of guanidine groups is 1. The third-order valence-electron chi connectivity index (χ3n) is 4.34. The Balaban J connectivity index is 2.17. The molecule has 2 rings (SSSR count). The molecule has 0 saturated carbocycles. The number of para-hydroxylation sites is 1. The Morgan fingerprint density at radius 1 is 1.44 bits per heavy atom. The van der Waals surface area contributed by atoms with Gasteiger partial charge >= 0.3 is 5.97 Å². The molecule has 1 saturated heterocycles. The summed E-state index contributed by atoms with van der Waals surface area (Å²) in [5, 5.41) is 14.3. The molecule has 1 aromatic carbocycles. The number of benzene rings is 1. The third-order valence-corrected chi connectivity index (χ3v) is 4.34. The van der Waals surface area contributed by atoms with Gasteiger partial charge < -0.3 is 15.0 Å². The van der Waals surface area contributed by atoms with Gasteiger partial charge in [0.2, 0.25) is 0 Å². The van der Waals surface area contributed by atoms with Gasteiger partial charge in [0.05, 0.1) is 30.1 Å². The number of esters is 1. The van der Waals surface area contributed by atoms with Crippen LogP contribution in [-0.4, -0.2) is 48.5 Å². The average molecular weight is 348 g/mol. The van der Waals surface area contributed by atoms with Crippen LogP contribution in [0.2, 0.25) is 0 Å². The lowest BCUT2D eigenvalue weighted by molar-refractivity contribution is -0.385. The highest BCUT2D eigenvalue weighted by molar-refractivity contribution is 5.82. The molecule has 0 aliphatic carbocycles. The van der Waals surface area contributed by atoms with E-state index in [1.165, 1.54) is 13.2 Å². The summed E-state index contributed by atoms with van der Waals surface area (Å²) >= 11 is 0. The number of nitrogens with zero attached hydrogens (tertiary/aromatic N) is 3. The van der Waals surface area contributed by atoms with E-state index in [1.807, 2.05) is 18.7 Å². The summed E-state index contributed by atoms with van der Waals surface area (Å²) in [6.45, 7) is 6.04. The first-order valence-electron chi connectivity index (χ1n) is 8.31. The van der Waals surface area contributed by atoms with E-state index in [2.05, 4.69) is 10.3 Å². The molecule has 1 fully saturated rings. The van der Waals surface area contributed by atoms with Crippen LogP contribution >= 0.6 is 0 Å². The van der Waals surface area contributed by atoms with Crippen LogP contribution < -0.4 is 5.32 Å². The molecule has 25 heavy (non-hydrogen) atoms. The van der Waals surface area contributed by atoms with E-state index >= 15 is 0 Å². The van der Waals surface area contributed by atoms with Gasteiger partial charge in [-0.25, -0.2) is 4.99 Å². The Bertz CT molecular complexity index is 662. The second-order valence-corrected chi connectivity index (χ2v) is 6.07. The number of nitro benzene ring substituents is 1. The maximum Gasteiger partial charge on any atom is 0.310 e. The molecule has 1 N–H and O–H groups in total. The maximum atomic E-state index is 11.9. The Kier molecular flexibility index (Phi) is 6.32. The zero-order valence-electron chi connectivity index (χ0n) is 14.8. The summed E-state index contributed by atoms with van der Waals surface area (Å²) in [6, 6.07) is 6.58. The van der Waals surface area contributed by atoms with Crippen LogP contribution in [0, 0.1) is 22.0 Å². The molecule has 8 nitrogen and oxygen atoms in total. The Labute approximate surface area is 147 Å². The fourth-order valence-corrected chi connectivity index (χ4v) is 3.01. The van der Waals surface area contributed by atoms with E-state index < -0.39 is 4.92 Å². The number of nitrogens with one attached hydrogen (secondary N) is 1. The van der Waals surface area contributed by atoms with Gasteiger partial charge in [0.15, 0.2) is 5.96 Å². The minimum absolute atomic E-state index is 0.0596. The summed E-state index contributed by atoms with van der Waals surface area (Å²) in [5.41, 5.74) is 0.615. The van der Waals surface area contributed by atoms with Crippen LogP contribution in [0.25, 0.3) is 0 Å². The van der Waals surface area contributed by atoms with Crippen molar-refractivity contribution in [2.24, 2.45) is 16.8 Å². The molecule has 2 unspecified atom stereocenters. The number of methoxy groups -OCH3 is 1. The summed E-state index contributed by atoms with van der Waals surface area (Å²) in [6.07, 6.45) is 0. The fourth-order valence-electron chi connectivity index (χ4n) is 3.01. The Hall–Kier alpha value is -2.64. The van der Waals surface area contributed by atoms with Crippen LogP contribution in [0.15, 0.2) is 29.3 Å². The van der Waals surface area contributed by atoms with Gasteiger partial charge in [-0.05, 0) is 12.8 Å². The lowest BCUT2D eigenvalue weighted by Crippen LogP contribution is -2.40. The zero-order chi connectivity index (χ0) is 18.4. The summed E-state index contributed by atoms with van der Waals surface area (Å²) < 4.78 is 4.86. The van der Waals surface area contributed by atoms with Crippen molar-refractivity contribution in [3.05, 3.63) is 39.9 Å². The van der Waals surface area contributed by atoms with Crippen LogP contribution in [0.5, 0.6) is 0 Å². The number of carbonyl (C=O) groups is 1. The first-order chi connectivity index (χ1) is 12.0. The highest BCUT2D eigenvalue weighted by atomic mass is 16.6. The van der Waals surface area contributed by atoms with E-state index in [9.17, 15) is 14.9 Å². The van der Waals surface area contributed by atoms with Gasteiger partial charge in [-0.2, -0.15) is 0 Å². The second-order valence-electron chi connectivity index (χ2n) is 6.07. The molecule has 0 radical (unpaired) electrons. The summed E-state index contributed by atoms with van der Waals surface area (Å²) in [5.74, 6) is 0.394. The topological polar surface area (TPSA) is 97.1 Å². The van der Waals surface area contributed by atoms with Crippen molar-refractivity contribution in [3.8, 4) is 0 Å². The lowest BCUT2D eigenvalue weighted by Gasteiger charge is -2.21. The highest BCUT2D eigenvalue weighted by Crippen LogP contribution is 2.24. The Morgan fingerprint density at radius 2 is 2.16 bits per heavy atom. The van der Waals surface area contributed by atoms with Gasteiger partial charge in [-0.1, -0.05) is 25.1 Å². The van der Waals surface area contributed by atoms with E-state index in [1.54, 1.807) is 18.2 Å². The number of rotatable bonds is 5. The van der Waals surface area contributed by atoms with Crippen molar-refractivity contribution >= 4 is 17.6 Å². The van der Waals surface area contributed by atoms with E-state index in [0.29, 0.717) is 31.2 Å². The van der Waals surface area contributed by atoms with Gasteiger partial charge in [0.25, 0.3) is 5.69 Å². The fraction of sp³-hybridized carbons (Fsp3) is 0.529. The van der Waals surface area contributed by atoms with Crippen LogP contribution in [0.4, 0.5) is 5.69 Å². The normalized spacial score (nSPS) is 20.4. The molecular formula is C17H24N4O4. The first kappa shape index (κ1) is 18.7. The van der Waals surface area contributed by atoms with Crippen molar-refractivity contribution in [1.29, 1.82) is 0 Å². The molecular weight excluding hydrogens is 324 g/mol. The third kappa shape index (κ3) is 4.46. The highest BCUT2D eigenvalue weighted by Gasteiger charge is 2.36. The van der Waals surface area contributed by atoms with Crippen molar-refractivity contribution in [2.75, 3.05) is 26.7 Å².